The van der Waals surface area contributed by atoms with Crippen molar-refractivity contribution < 1.29 is 23.9 Å². The quantitative estimate of drug-likeness (QED) is 0.594. The smallest absolute Gasteiger partial charge is 0.339 e. The van der Waals surface area contributed by atoms with Gasteiger partial charge in [0.1, 0.15) is 0 Å². The second kappa shape index (κ2) is 9.14. The molecule has 1 saturated heterocycles. The van der Waals surface area contributed by atoms with Gasteiger partial charge < -0.3 is 15.4 Å². The fourth-order valence-electron chi connectivity index (χ4n) is 3.31. The number of hydrogen-bond donors (Lipinski definition) is 1. The van der Waals surface area contributed by atoms with Crippen LogP contribution in [0.15, 0.2) is 54.6 Å². The Labute approximate surface area is 168 Å². The Bertz CT molecular complexity index is 918. The van der Waals surface area contributed by atoms with E-state index >= 15 is 0 Å². The van der Waals surface area contributed by atoms with E-state index in [2.05, 4.69) is 0 Å². The zero-order valence-electron chi connectivity index (χ0n) is 15.9. The lowest BCUT2D eigenvalue weighted by Crippen LogP contribution is -2.43. The maximum absolute atomic E-state index is 12.7. The first-order chi connectivity index (χ1) is 14.0. The number of primary amides is 1. The topological polar surface area (TPSA) is 107 Å². The van der Waals surface area contributed by atoms with Gasteiger partial charge >= 0.3 is 5.97 Å². The SMILES string of the molecule is NC(=O)C1CCN(C(=O)COC(=O)c2ccccc2C(=O)c2ccccc2)CC1. The molecule has 2 aromatic carbocycles. The number of piperidine rings is 1. The van der Waals surface area contributed by atoms with Crippen LogP contribution in [0.2, 0.25) is 0 Å². The molecule has 2 amide bonds. The van der Waals surface area contributed by atoms with Gasteiger partial charge in [0.05, 0.1) is 5.56 Å². The molecule has 0 saturated carbocycles. The number of hydrogen-bond acceptors (Lipinski definition) is 5. The van der Waals surface area contributed by atoms with Gasteiger partial charge in [0.2, 0.25) is 5.91 Å². The fourth-order valence-corrected chi connectivity index (χ4v) is 3.31. The van der Waals surface area contributed by atoms with E-state index in [1.807, 2.05) is 0 Å². The molecule has 2 aromatic rings. The minimum absolute atomic E-state index is 0.113. The summed E-state index contributed by atoms with van der Waals surface area (Å²) in [6.07, 6.45) is 1.01. The average molecular weight is 394 g/mol. The Hall–Kier alpha value is -3.48. The summed E-state index contributed by atoms with van der Waals surface area (Å²) in [6, 6.07) is 15.0. The van der Waals surface area contributed by atoms with E-state index in [0.29, 0.717) is 31.5 Å². The number of nitrogens with two attached hydrogens (primary N) is 1. The Morgan fingerprint density at radius 3 is 2.10 bits per heavy atom. The van der Waals surface area contributed by atoms with Crippen LogP contribution in [-0.2, 0) is 14.3 Å². The van der Waals surface area contributed by atoms with Crippen LogP contribution in [0.3, 0.4) is 0 Å². The molecule has 29 heavy (non-hydrogen) atoms. The first kappa shape index (κ1) is 20.3. The Balaban J connectivity index is 1.62. The largest absolute Gasteiger partial charge is 0.452 e. The predicted octanol–water partition coefficient (Wildman–Crippen LogP) is 1.80. The Morgan fingerprint density at radius 2 is 1.48 bits per heavy atom. The van der Waals surface area contributed by atoms with Crippen molar-refractivity contribution in [2.45, 2.75) is 12.8 Å². The van der Waals surface area contributed by atoms with Crippen molar-refractivity contribution in [3.05, 3.63) is 71.3 Å². The second-order valence-corrected chi connectivity index (χ2v) is 6.87. The van der Waals surface area contributed by atoms with E-state index in [1.165, 1.54) is 6.07 Å². The number of rotatable bonds is 6. The number of nitrogens with zero attached hydrogens (tertiary/aromatic N) is 1. The van der Waals surface area contributed by atoms with Gasteiger partial charge in [-0.3, -0.25) is 14.4 Å². The molecule has 0 aliphatic carbocycles. The molecule has 1 heterocycles. The highest BCUT2D eigenvalue weighted by Crippen LogP contribution is 2.18. The summed E-state index contributed by atoms with van der Waals surface area (Å²) in [6.45, 7) is 0.369. The number of carbonyl (C=O) groups excluding carboxylic acids is 4. The Morgan fingerprint density at radius 1 is 0.897 bits per heavy atom. The van der Waals surface area contributed by atoms with E-state index in [9.17, 15) is 19.2 Å². The molecule has 1 aliphatic heterocycles. The highest BCUT2D eigenvalue weighted by molar-refractivity contribution is 6.14. The van der Waals surface area contributed by atoms with Gasteiger partial charge in [-0.05, 0) is 18.9 Å². The van der Waals surface area contributed by atoms with Gasteiger partial charge in [0.25, 0.3) is 5.91 Å². The first-order valence-corrected chi connectivity index (χ1v) is 9.40. The molecule has 1 aliphatic rings. The molecule has 0 aromatic heterocycles. The minimum Gasteiger partial charge on any atom is -0.452 e. The van der Waals surface area contributed by atoms with E-state index in [1.54, 1.807) is 53.4 Å². The van der Waals surface area contributed by atoms with Gasteiger partial charge in [-0.15, -0.1) is 0 Å². The zero-order valence-corrected chi connectivity index (χ0v) is 15.9. The van der Waals surface area contributed by atoms with Crippen LogP contribution in [0.25, 0.3) is 0 Å². The summed E-state index contributed by atoms with van der Waals surface area (Å²) in [4.78, 5) is 50.3. The number of esters is 1. The van der Waals surface area contributed by atoms with Gasteiger partial charge in [0.15, 0.2) is 12.4 Å². The third-order valence-electron chi connectivity index (χ3n) is 5.00. The molecule has 3 rings (SSSR count). The summed E-state index contributed by atoms with van der Waals surface area (Å²) in [7, 11) is 0. The summed E-state index contributed by atoms with van der Waals surface area (Å²) in [5.74, 6) is -1.95. The summed E-state index contributed by atoms with van der Waals surface area (Å²) >= 11 is 0. The van der Waals surface area contributed by atoms with Crippen molar-refractivity contribution >= 4 is 23.6 Å². The van der Waals surface area contributed by atoms with Crippen molar-refractivity contribution in [2.24, 2.45) is 11.7 Å². The van der Waals surface area contributed by atoms with Crippen molar-refractivity contribution in [1.29, 1.82) is 0 Å². The van der Waals surface area contributed by atoms with E-state index in [-0.39, 0.29) is 34.6 Å². The standard InChI is InChI=1S/C22H22N2O5/c23-21(27)16-10-12-24(13-11-16)19(25)14-29-22(28)18-9-5-4-8-17(18)20(26)15-6-2-1-3-7-15/h1-9,16H,10-14H2,(H2,23,27). The van der Waals surface area contributed by atoms with Crippen LogP contribution >= 0.6 is 0 Å². The molecule has 2 N–H and O–H groups in total. The van der Waals surface area contributed by atoms with Crippen LogP contribution in [0.5, 0.6) is 0 Å². The summed E-state index contributed by atoms with van der Waals surface area (Å²) in [5, 5.41) is 0. The minimum atomic E-state index is -0.731. The van der Waals surface area contributed by atoms with Gasteiger partial charge in [-0.25, -0.2) is 4.79 Å². The summed E-state index contributed by atoms with van der Waals surface area (Å²) < 4.78 is 5.17. The lowest BCUT2D eigenvalue weighted by atomic mass is 9.96. The first-order valence-electron chi connectivity index (χ1n) is 9.40. The van der Waals surface area contributed by atoms with E-state index < -0.39 is 12.6 Å². The van der Waals surface area contributed by atoms with Gasteiger partial charge in [-0.1, -0.05) is 48.5 Å². The third kappa shape index (κ3) is 4.87. The van der Waals surface area contributed by atoms with Gasteiger partial charge in [-0.2, -0.15) is 0 Å². The third-order valence-corrected chi connectivity index (χ3v) is 5.00. The van der Waals surface area contributed by atoms with Crippen molar-refractivity contribution in [3.63, 3.8) is 0 Å². The maximum Gasteiger partial charge on any atom is 0.339 e. The fraction of sp³-hybridized carbons (Fsp3) is 0.273. The van der Waals surface area contributed by atoms with Crippen LogP contribution in [-0.4, -0.2) is 48.2 Å². The Kier molecular flexibility index (Phi) is 6.39. The monoisotopic (exact) mass is 394 g/mol. The van der Waals surface area contributed by atoms with Crippen LogP contribution < -0.4 is 5.73 Å². The molecular weight excluding hydrogens is 372 g/mol. The molecule has 0 unspecified atom stereocenters. The van der Waals surface area contributed by atoms with Crippen molar-refractivity contribution in [3.8, 4) is 0 Å². The normalized spacial score (nSPS) is 14.3. The lowest BCUT2D eigenvalue weighted by Gasteiger charge is -2.30. The van der Waals surface area contributed by atoms with E-state index in [4.69, 9.17) is 10.5 Å². The highest BCUT2D eigenvalue weighted by atomic mass is 16.5. The molecule has 150 valence electrons. The molecule has 0 atom stereocenters. The number of benzene rings is 2. The number of ether oxygens (including phenoxy) is 1. The zero-order chi connectivity index (χ0) is 20.8. The molecule has 1 fully saturated rings. The molecule has 0 spiro atoms. The van der Waals surface area contributed by atoms with Crippen LogP contribution in [0, 0.1) is 5.92 Å². The van der Waals surface area contributed by atoms with Crippen molar-refractivity contribution in [1.82, 2.24) is 4.90 Å². The number of likely N-dealkylation sites (tertiary alicyclic amines) is 1. The molecule has 7 heteroatoms. The van der Waals surface area contributed by atoms with Crippen LogP contribution in [0.4, 0.5) is 0 Å². The molecule has 0 radical (unpaired) electrons. The van der Waals surface area contributed by atoms with Crippen molar-refractivity contribution in [2.75, 3.05) is 19.7 Å². The summed E-state index contributed by atoms with van der Waals surface area (Å²) in [5.41, 5.74) is 6.09. The number of ketones is 1. The maximum atomic E-state index is 12.7. The predicted molar refractivity (Wildman–Crippen MR) is 105 cm³/mol. The van der Waals surface area contributed by atoms with Gasteiger partial charge in [0, 0.05) is 30.1 Å². The average Bonchev–Trinajstić information content (AvgIpc) is 2.77. The van der Waals surface area contributed by atoms with E-state index in [0.717, 1.165) is 0 Å². The number of amides is 2. The lowest BCUT2D eigenvalue weighted by molar-refractivity contribution is -0.137. The highest BCUT2D eigenvalue weighted by Gasteiger charge is 2.27. The molecule has 7 nitrogen and oxygen atoms in total. The van der Waals surface area contributed by atoms with Crippen LogP contribution in [0.1, 0.15) is 39.1 Å². The second-order valence-electron chi connectivity index (χ2n) is 6.87. The molecular formula is C22H22N2O5. The molecule has 0 bridgehead atoms. The number of carbonyl (C=O) groups is 4.